The summed E-state index contributed by atoms with van der Waals surface area (Å²) in [6, 6.07) is 7.10. The number of carbonyl (C=O) groups excluding carboxylic acids is 3. The Balaban J connectivity index is 1.37. The lowest BCUT2D eigenvalue weighted by Crippen LogP contribution is -2.52. The number of piperazine rings is 1. The Kier molecular flexibility index (Phi) is 6.88. The van der Waals surface area contributed by atoms with Crippen molar-refractivity contribution >= 4 is 33.7 Å². The summed E-state index contributed by atoms with van der Waals surface area (Å²) >= 11 is 3.34. The van der Waals surface area contributed by atoms with Gasteiger partial charge in [0.2, 0.25) is 11.8 Å². The molecule has 3 amide bonds. The zero-order chi connectivity index (χ0) is 19.2. The molecule has 1 aromatic rings. The van der Waals surface area contributed by atoms with Crippen LogP contribution in [0.25, 0.3) is 0 Å². The van der Waals surface area contributed by atoms with Crippen LogP contribution in [-0.4, -0.2) is 60.2 Å². The quantitative estimate of drug-likeness (QED) is 0.771. The van der Waals surface area contributed by atoms with E-state index in [1.165, 1.54) is 0 Å². The van der Waals surface area contributed by atoms with Crippen molar-refractivity contribution in [2.75, 3.05) is 32.7 Å². The Bertz CT molecular complexity index is 678. The maximum atomic E-state index is 12.5. The summed E-state index contributed by atoms with van der Waals surface area (Å²) in [6.07, 6.45) is 4.60. The average Bonchev–Trinajstić information content (AvgIpc) is 3.22. The van der Waals surface area contributed by atoms with Gasteiger partial charge in [-0.1, -0.05) is 28.8 Å². The molecule has 0 radical (unpaired) electrons. The van der Waals surface area contributed by atoms with Gasteiger partial charge in [-0.05, 0) is 37.1 Å². The van der Waals surface area contributed by atoms with E-state index in [4.69, 9.17) is 0 Å². The Hall–Kier alpha value is -1.89. The Morgan fingerprint density at radius 3 is 2.19 bits per heavy atom. The predicted molar refractivity (Wildman–Crippen MR) is 106 cm³/mol. The smallest absolute Gasteiger partial charge is 0.251 e. The molecule has 0 atom stereocenters. The second-order valence-electron chi connectivity index (χ2n) is 7.20. The summed E-state index contributed by atoms with van der Waals surface area (Å²) < 4.78 is 0.916. The minimum absolute atomic E-state index is 0.0269. The van der Waals surface area contributed by atoms with Crippen LogP contribution in [0.2, 0.25) is 0 Å². The van der Waals surface area contributed by atoms with E-state index in [2.05, 4.69) is 21.2 Å². The van der Waals surface area contributed by atoms with Crippen LogP contribution >= 0.6 is 15.9 Å². The van der Waals surface area contributed by atoms with Crippen LogP contribution in [0.15, 0.2) is 28.7 Å². The zero-order valence-corrected chi connectivity index (χ0v) is 17.0. The fraction of sp³-hybridized carbons (Fsp3) is 0.550. The summed E-state index contributed by atoms with van der Waals surface area (Å²) in [7, 11) is 0. The van der Waals surface area contributed by atoms with Crippen molar-refractivity contribution in [2.24, 2.45) is 5.92 Å². The van der Waals surface area contributed by atoms with Gasteiger partial charge in [0.05, 0.1) is 0 Å². The van der Waals surface area contributed by atoms with Crippen LogP contribution in [0.1, 0.15) is 42.5 Å². The molecule has 0 bridgehead atoms. The zero-order valence-electron chi connectivity index (χ0n) is 15.5. The first-order valence-electron chi connectivity index (χ1n) is 9.65. The number of nitrogens with one attached hydrogen (secondary N) is 1. The maximum Gasteiger partial charge on any atom is 0.251 e. The van der Waals surface area contributed by atoms with E-state index in [0.29, 0.717) is 38.3 Å². The summed E-state index contributed by atoms with van der Waals surface area (Å²) in [4.78, 5) is 40.6. The second-order valence-corrected chi connectivity index (χ2v) is 8.12. The highest BCUT2D eigenvalue weighted by Gasteiger charge is 2.30. The third-order valence-electron chi connectivity index (χ3n) is 5.38. The molecule has 2 fully saturated rings. The molecule has 1 saturated heterocycles. The predicted octanol–water partition coefficient (Wildman–Crippen LogP) is 2.43. The molecule has 146 valence electrons. The van der Waals surface area contributed by atoms with E-state index in [9.17, 15) is 14.4 Å². The van der Waals surface area contributed by atoms with Gasteiger partial charge < -0.3 is 15.1 Å². The molecule has 3 rings (SSSR count). The van der Waals surface area contributed by atoms with Crippen LogP contribution in [0.4, 0.5) is 0 Å². The molecule has 27 heavy (non-hydrogen) atoms. The van der Waals surface area contributed by atoms with Gasteiger partial charge in [-0.2, -0.15) is 0 Å². The van der Waals surface area contributed by atoms with Gasteiger partial charge in [0.15, 0.2) is 0 Å². The molecule has 1 aromatic carbocycles. The first-order chi connectivity index (χ1) is 13.0. The number of carbonyl (C=O) groups is 3. The van der Waals surface area contributed by atoms with E-state index in [-0.39, 0.29) is 30.1 Å². The van der Waals surface area contributed by atoms with E-state index < -0.39 is 0 Å². The van der Waals surface area contributed by atoms with Crippen molar-refractivity contribution in [2.45, 2.75) is 32.1 Å². The van der Waals surface area contributed by atoms with Crippen molar-refractivity contribution in [3.8, 4) is 0 Å². The Morgan fingerprint density at radius 1 is 0.963 bits per heavy atom. The Morgan fingerprint density at radius 2 is 1.56 bits per heavy atom. The molecule has 0 aromatic heterocycles. The van der Waals surface area contributed by atoms with E-state index in [1.54, 1.807) is 17.0 Å². The number of hydrogen-bond donors (Lipinski definition) is 1. The van der Waals surface area contributed by atoms with Crippen molar-refractivity contribution in [1.29, 1.82) is 0 Å². The molecule has 0 spiro atoms. The highest BCUT2D eigenvalue weighted by Crippen LogP contribution is 2.26. The molecule has 1 aliphatic carbocycles. The van der Waals surface area contributed by atoms with Crippen LogP contribution in [0.3, 0.4) is 0 Å². The average molecular weight is 436 g/mol. The van der Waals surface area contributed by atoms with Gasteiger partial charge in [-0.25, -0.2) is 0 Å². The highest BCUT2D eigenvalue weighted by molar-refractivity contribution is 9.10. The molecular weight excluding hydrogens is 410 g/mol. The lowest BCUT2D eigenvalue weighted by molar-refractivity contribution is -0.142. The molecular formula is C20H26BrN3O3. The van der Waals surface area contributed by atoms with Gasteiger partial charge in [-0.15, -0.1) is 0 Å². The largest absolute Gasteiger partial charge is 0.352 e. The molecule has 1 N–H and O–H groups in total. The molecule has 2 aliphatic rings. The van der Waals surface area contributed by atoms with Gasteiger partial charge in [0.25, 0.3) is 5.91 Å². The van der Waals surface area contributed by atoms with Gasteiger partial charge in [0, 0.05) is 55.1 Å². The summed E-state index contributed by atoms with van der Waals surface area (Å²) in [5.74, 6) is 0.309. The van der Waals surface area contributed by atoms with Crippen molar-refractivity contribution in [1.82, 2.24) is 15.1 Å². The van der Waals surface area contributed by atoms with Crippen molar-refractivity contribution < 1.29 is 14.4 Å². The number of hydrogen-bond acceptors (Lipinski definition) is 3. The number of benzene rings is 1. The highest BCUT2D eigenvalue weighted by atomic mass is 79.9. The maximum absolute atomic E-state index is 12.5. The number of nitrogens with zero attached hydrogens (tertiary/aromatic N) is 2. The number of halogens is 1. The molecule has 1 aliphatic heterocycles. The number of amides is 3. The normalized spacial score (nSPS) is 17.8. The Labute approximate surface area is 168 Å². The summed E-state index contributed by atoms with van der Waals surface area (Å²) in [5, 5.41) is 2.79. The molecule has 6 nitrogen and oxygen atoms in total. The van der Waals surface area contributed by atoms with Gasteiger partial charge >= 0.3 is 0 Å². The SMILES string of the molecule is O=C(NCCC(=O)N1CCN(C(=O)C2CCCC2)CC1)c1ccc(Br)cc1. The summed E-state index contributed by atoms with van der Waals surface area (Å²) in [6.45, 7) is 2.71. The fourth-order valence-electron chi connectivity index (χ4n) is 3.75. The number of rotatable bonds is 5. The van der Waals surface area contributed by atoms with Crippen LogP contribution in [0, 0.1) is 5.92 Å². The summed E-state index contributed by atoms with van der Waals surface area (Å²) in [5.41, 5.74) is 0.574. The second kappa shape index (κ2) is 9.35. The molecule has 0 unspecified atom stereocenters. The fourth-order valence-corrected chi connectivity index (χ4v) is 4.02. The molecule has 7 heteroatoms. The van der Waals surface area contributed by atoms with E-state index in [1.807, 2.05) is 17.0 Å². The molecule has 1 saturated carbocycles. The first kappa shape index (κ1) is 19.9. The minimum atomic E-state index is -0.178. The van der Waals surface area contributed by atoms with Gasteiger partial charge in [0.1, 0.15) is 0 Å². The van der Waals surface area contributed by atoms with Crippen LogP contribution in [0.5, 0.6) is 0 Å². The van der Waals surface area contributed by atoms with E-state index >= 15 is 0 Å². The third kappa shape index (κ3) is 5.31. The monoisotopic (exact) mass is 435 g/mol. The minimum Gasteiger partial charge on any atom is -0.352 e. The first-order valence-corrected chi connectivity index (χ1v) is 10.4. The van der Waals surface area contributed by atoms with E-state index in [0.717, 1.165) is 30.2 Å². The molecule has 1 heterocycles. The third-order valence-corrected chi connectivity index (χ3v) is 5.91. The van der Waals surface area contributed by atoms with Crippen molar-refractivity contribution in [3.63, 3.8) is 0 Å². The van der Waals surface area contributed by atoms with Crippen LogP contribution < -0.4 is 5.32 Å². The topological polar surface area (TPSA) is 69.7 Å². The lowest BCUT2D eigenvalue weighted by Gasteiger charge is -2.36. The van der Waals surface area contributed by atoms with Gasteiger partial charge in [-0.3, -0.25) is 14.4 Å². The van der Waals surface area contributed by atoms with Crippen LogP contribution in [-0.2, 0) is 9.59 Å². The van der Waals surface area contributed by atoms with Crippen molar-refractivity contribution in [3.05, 3.63) is 34.3 Å². The standard InChI is InChI=1S/C20H26BrN3O3/c21-17-7-5-15(6-8-17)19(26)22-10-9-18(25)23-11-13-24(14-12-23)20(27)16-3-1-2-4-16/h5-8,16H,1-4,9-14H2,(H,22,26). The lowest BCUT2D eigenvalue weighted by atomic mass is 10.1.